The molecule has 0 fully saturated rings. The van der Waals surface area contributed by atoms with Crippen LogP contribution in [-0.4, -0.2) is 24.8 Å². The minimum Gasteiger partial charge on any atom is -0.383 e. The normalized spacial score (nSPS) is 11.2. The molecule has 0 radical (unpaired) electrons. The molecular formula is C17H16ClNO. The van der Waals surface area contributed by atoms with E-state index < -0.39 is 0 Å². The van der Waals surface area contributed by atoms with Crippen LogP contribution in [0.15, 0.2) is 60.8 Å². The van der Waals surface area contributed by atoms with E-state index in [9.17, 15) is 4.79 Å². The van der Waals surface area contributed by atoms with E-state index in [4.69, 9.17) is 11.6 Å². The lowest BCUT2D eigenvalue weighted by Gasteiger charge is -2.12. The molecule has 2 nitrogen and oxygen atoms in total. The Bertz CT molecular complexity index is 615. The van der Waals surface area contributed by atoms with Gasteiger partial charge in [0.1, 0.15) is 0 Å². The minimum absolute atomic E-state index is 0.0124. The zero-order chi connectivity index (χ0) is 14.5. The van der Waals surface area contributed by atoms with Crippen molar-refractivity contribution in [1.29, 1.82) is 0 Å². The molecule has 0 aromatic heterocycles. The second-order valence-corrected chi connectivity index (χ2v) is 5.14. The zero-order valence-electron chi connectivity index (χ0n) is 11.5. The Kier molecular flexibility index (Phi) is 4.59. The van der Waals surface area contributed by atoms with Gasteiger partial charge >= 0.3 is 0 Å². The van der Waals surface area contributed by atoms with Crippen molar-refractivity contribution in [2.75, 3.05) is 14.1 Å². The molecule has 2 aromatic carbocycles. The molecule has 102 valence electrons. The van der Waals surface area contributed by atoms with E-state index in [1.807, 2.05) is 55.5 Å². The van der Waals surface area contributed by atoms with Crippen LogP contribution in [0.3, 0.4) is 0 Å². The molecule has 3 heteroatoms. The smallest absolute Gasteiger partial charge is 0.195 e. The maximum atomic E-state index is 12.7. The summed E-state index contributed by atoms with van der Waals surface area (Å²) in [7, 11) is 3.80. The highest BCUT2D eigenvalue weighted by Crippen LogP contribution is 2.21. The van der Waals surface area contributed by atoms with Crippen LogP contribution in [0.1, 0.15) is 15.9 Å². The van der Waals surface area contributed by atoms with Gasteiger partial charge < -0.3 is 4.90 Å². The van der Waals surface area contributed by atoms with Crippen molar-refractivity contribution in [3.63, 3.8) is 0 Å². The zero-order valence-corrected chi connectivity index (χ0v) is 12.3. The fourth-order valence-corrected chi connectivity index (χ4v) is 2.02. The summed E-state index contributed by atoms with van der Waals surface area (Å²) in [6.45, 7) is 0. The number of halogens is 1. The van der Waals surface area contributed by atoms with Crippen molar-refractivity contribution < 1.29 is 4.79 Å². The van der Waals surface area contributed by atoms with Crippen LogP contribution in [0.2, 0.25) is 5.02 Å². The lowest BCUT2D eigenvalue weighted by atomic mass is 9.97. The van der Waals surface area contributed by atoms with Crippen molar-refractivity contribution >= 4 is 23.0 Å². The maximum absolute atomic E-state index is 12.7. The highest BCUT2D eigenvalue weighted by atomic mass is 35.5. The first-order valence-electron chi connectivity index (χ1n) is 6.32. The molecule has 0 N–H and O–H groups in total. The fourth-order valence-electron chi connectivity index (χ4n) is 1.90. The Morgan fingerprint density at radius 2 is 1.55 bits per heavy atom. The molecule has 0 saturated heterocycles. The quantitative estimate of drug-likeness (QED) is 0.622. The van der Waals surface area contributed by atoms with E-state index in [0.717, 1.165) is 5.56 Å². The lowest BCUT2D eigenvalue weighted by molar-refractivity contribution is 0.105. The van der Waals surface area contributed by atoms with E-state index >= 15 is 0 Å². The maximum Gasteiger partial charge on any atom is 0.195 e. The van der Waals surface area contributed by atoms with E-state index in [0.29, 0.717) is 16.2 Å². The Morgan fingerprint density at radius 1 is 0.950 bits per heavy atom. The van der Waals surface area contributed by atoms with Gasteiger partial charge in [0.05, 0.1) is 0 Å². The first kappa shape index (κ1) is 14.4. The van der Waals surface area contributed by atoms with Crippen LogP contribution in [-0.2, 0) is 0 Å². The van der Waals surface area contributed by atoms with Gasteiger partial charge in [-0.2, -0.15) is 0 Å². The monoisotopic (exact) mass is 285 g/mol. The van der Waals surface area contributed by atoms with Crippen LogP contribution in [0, 0.1) is 0 Å². The molecule has 0 atom stereocenters. The van der Waals surface area contributed by atoms with E-state index in [1.54, 1.807) is 24.3 Å². The Balaban J connectivity index is 2.42. The molecule has 20 heavy (non-hydrogen) atoms. The minimum atomic E-state index is -0.0124. The molecule has 0 spiro atoms. The van der Waals surface area contributed by atoms with Gasteiger partial charge in [-0.3, -0.25) is 4.79 Å². The summed E-state index contributed by atoms with van der Waals surface area (Å²) in [6, 6.07) is 16.6. The average molecular weight is 286 g/mol. The van der Waals surface area contributed by atoms with E-state index in [1.165, 1.54) is 0 Å². The first-order valence-corrected chi connectivity index (χ1v) is 6.69. The van der Waals surface area contributed by atoms with E-state index in [-0.39, 0.29) is 5.78 Å². The third-order valence-corrected chi connectivity index (χ3v) is 3.08. The Morgan fingerprint density at radius 3 is 2.10 bits per heavy atom. The first-order chi connectivity index (χ1) is 9.58. The van der Waals surface area contributed by atoms with Crippen LogP contribution >= 0.6 is 11.6 Å². The molecule has 0 heterocycles. The number of benzene rings is 2. The molecule has 0 aliphatic heterocycles. The average Bonchev–Trinajstić information content (AvgIpc) is 2.45. The molecule has 0 saturated carbocycles. The SMILES string of the molecule is CN(C)/C=C(/C(=O)c1ccc(Cl)cc1)c1ccccc1. The second-order valence-electron chi connectivity index (χ2n) is 4.71. The number of carbonyl (C=O) groups is 1. The van der Waals surface area contributed by atoms with Crippen molar-refractivity contribution in [3.8, 4) is 0 Å². The number of carbonyl (C=O) groups excluding carboxylic acids is 1. The van der Waals surface area contributed by atoms with Crippen LogP contribution < -0.4 is 0 Å². The number of hydrogen-bond donors (Lipinski definition) is 0. The van der Waals surface area contributed by atoms with Crippen molar-refractivity contribution in [1.82, 2.24) is 4.90 Å². The van der Waals surface area contributed by atoms with Gasteiger partial charge in [0.15, 0.2) is 5.78 Å². The lowest BCUT2D eigenvalue weighted by Crippen LogP contribution is -2.09. The van der Waals surface area contributed by atoms with Gasteiger partial charge in [0.25, 0.3) is 0 Å². The molecule has 2 rings (SSSR count). The standard InChI is InChI=1S/C17H16ClNO/c1-19(2)12-16(13-6-4-3-5-7-13)17(20)14-8-10-15(18)11-9-14/h3-12H,1-2H3/b16-12+. The third-order valence-electron chi connectivity index (χ3n) is 2.82. The number of Topliss-reactive ketones (excluding diaryl/α,β-unsaturated/α-hetero) is 1. The van der Waals surface area contributed by atoms with Gasteiger partial charge in [-0.1, -0.05) is 41.9 Å². The van der Waals surface area contributed by atoms with Gasteiger partial charge in [-0.05, 0) is 29.8 Å². The molecule has 2 aromatic rings. The number of ketones is 1. The van der Waals surface area contributed by atoms with Crippen LogP contribution in [0.4, 0.5) is 0 Å². The summed E-state index contributed by atoms with van der Waals surface area (Å²) in [4.78, 5) is 14.5. The Hall–Kier alpha value is -2.06. The molecule has 0 unspecified atom stereocenters. The topological polar surface area (TPSA) is 20.3 Å². The summed E-state index contributed by atoms with van der Waals surface area (Å²) in [5.74, 6) is -0.0124. The van der Waals surface area contributed by atoms with Crippen molar-refractivity contribution in [3.05, 3.63) is 76.9 Å². The molecule has 0 amide bonds. The third kappa shape index (κ3) is 3.49. The van der Waals surface area contributed by atoms with Gasteiger partial charge in [0, 0.05) is 36.5 Å². The summed E-state index contributed by atoms with van der Waals surface area (Å²) in [5.41, 5.74) is 2.20. The summed E-state index contributed by atoms with van der Waals surface area (Å²) >= 11 is 5.86. The van der Waals surface area contributed by atoms with Crippen LogP contribution in [0.5, 0.6) is 0 Å². The number of hydrogen-bond acceptors (Lipinski definition) is 2. The highest BCUT2D eigenvalue weighted by molar-refractivity contribution is 6.31. The number of allylic oxidation sites excluding steroid dienone is 1. The molecule has 0 aliphatic rings. The molecule has 0 aliphatic carbocycles. The van der Waals surface area contributed by atoms with Gasteiger partial charge in [0.2, 0.25) is 0 Å². The second kappa shape index (κ2) is 6.40. The predicted molar refractivity (Wildman–Crippen MR) is 83.9 cm³/mol. The molecule has 0 bridgehead atoms. The number of nitrogens with zero attached hydrogens (tertiary/aromatic N) is 1. The van der Waals surface area contributed by atoms with Gasteiger partial charge in [-0.25, -0.2) is 0 Å². The van der Waals surface area contributed by atoms with E-state index in [2.05, 4.69) is 0 Å². The summed E-state index contributed by atoms with van der Waals surface area (Å²) in [5, 5.41) is 0.624. The summed E-state index contributed by atoms with van der Waals surface area (Å²) in [6.07, 6.45) is 1.84. The largest absolute Gasteiger partial charge is 0.383 e. The highest BCUT2D eigenvalue weighted by Gasteiger charge is 2.14. The molecular weight excluding hydrogens is 270 g/mol. The van der Waals surface area contributed by atoms with Crippen LogP contribution in [0.25, 0.3) is 5.57 Å². The van der Waals surface area contributed by atoms with Gasteiger partial charge in [-0.15, -0.1) is 0 Å². The van der Waals surface area contributed by atoms with Crippen molar-refractivity contribution in [2.24, 2.45) is 0 Å². The number of rotatable bonds is 4. The fraction of sp³-hybridized carbons (Fsp3) is 0.118. The summed E-state index contributed by atoms with van der Waals surface area (Å²) < 4.78 is 0. The Labute approximate surface area is 124 Å². The van der Waals surface area contributed by atoms with Crippen molar-refractivity contribution in [2.45, 2.75) is 0 Å². The predicted octanol–water partition coefficient (Wildman–Crippen LogP) is 4.13.